The van der Waals surface area contributed by atoms with Crippen molar-refractivity contribution in [2.45, 2.75) is 0 Å². The summed E-state index contributed by atoms with van der Waals surface area (Å²) >= 11 is 0. The van der Waals surface area contributed by atoms with E-state index in [0.29, 0.717) is 5.56 Å². The van der Waals surface area contributed by atoms with Crippen molar-refractivity contribution in [1.29, 1.82) is 5.26 Å². The van der Waals surface area contributed by atoms with E-state index in [-0.39, 0.29) is 17.2 Å². The smallest absolute Gasteiger partial charge is 0.366 e. The van der Waals surface area contributed by atoms with E-state index in [1.807, 2.05) is 0 Å². The minimum Gasteiger partial charge on any atom is -0.502 e. The second kappa shape index (κ2) is 6.95. The molecule has 1 aromatic carbocycles. The average Bonchev–Trinajstić information content (AvgIpc) is 2.43. The number of phenols is 1. The highest BCUT2D eigenvalue weighted by atomic mass is 31.2. The van der Waals surface area contributed by atoms with Gasteiger partial charge in [-0.25, -0.2) is 0 Å². The van der Waals surface area contributed by atoms with E-state index in [1.165, 1.54) is 44.6 Å². The second-order valence-corrected chi connectivity index (χ2v) is 5.41. The van der Waals surface area contributed by atoms with Crippen molar-refractivity contribution in [1.82, 2.24) is 0 Å². The number of hydrogen-bond donors (Lipinski definition) is 3. The molecule has 0 radical (unpaired) electrons. The molecule has 1 rings (SSSR count). The third-order valence-electron chi connectivity index (χ3n) is 2.47. The molecule has 0 saturated carbocycles. The Morgan fingerprint density at radius 3 is 2.19 bits per heavy atom. The Bertz CT molecular complexity index is 643. The van der Waals surface area contributed by atoms with E-state index < -0.39 is 12.9 Å². The van der Waals surface area contributed by atoms with Gasteiger partial charge in [0.05, 0.1) is 14.2 Å². The first kappa shape index (κ1) is 16.8. The van der Waals surface area contributed by atoms with Gasteiger partial charge >= 0.3 is 7.60 Å². The highest BCUT2D eigenvalue weighted by molar-refractivity contribution is 7.56. The number of methoxy groups -OCH3 is 2. The van der Waals surface area contributed by atoms with Crippen molar-refractivity contribution in [3.63, 3.8) is 0 Å². The molecule has 21 heavy (non-hydrogen) atoms. The minimum absolute atomic E-state index is 0.152. The van der Waals surface area contributed by atoms with Gasteiger partial charge in [0.1, 0.15) is 11.4 Å². The van der Waals surface area contributed by atoms with Gasteiger partial charge in [0, 0.05) is 0 Å². The van der Waals surface area contributed by atoms with Crippen LogP contribution in [0.15, 0.2) is 29.6 Å². The fraction of sp³-hybridized carbons (Fsp3) is 0.154. The lowest BCUT2D eigenvalue weighted by Gasteiger charge is -2.09. The molecule has 8 heteroatoms. The van der Waals surface area contributed by atoms with Crippen molar-refractivity contribution in [3.8, 4) is 23.3 Å². The maximum absolute atomic E-state index is 10.9. The summed E-state index contributed by atoms with van der Waals surface area (Å²) in [6, 6.07) is 4.45. The van der Waals surface area contributed by atoms with Gasteiger partial charge in [0.25, 0.3) is 0 Å². The Kier molecular flexibility index (Phi) is 5.56. The number of phenolic OH excluding ortho intramolecular Hbond substituents is 1. The second-order valence-electron chi connectivity index (χ2n) is 3.84. The van der Waals surface area contributed by atoms with E-state index in [0.717, 1.165) is 6.08 Å². The summed E-state index contributed by atoms with van der Waals surface area (Å²) in [5, 5.41) is 17.7. The van der Waals surface area contributed by atoms with Gasteiger partial charge in [-0.05, 0) is 23.8 Å². The van der Waals surface area contributed by atoms with E-state index >= 15 is 0 Å². The molecule has 0 atom stereocenters. The molecule has 0 amide bonds. The summed E-state index contributed by atoms with van der Waals surface area (Å²) in [6.45, 7) is 0. The van der Waals surface area contributed by atoms with Gasteiger partial charge in [0.15, 0.2) is 11.5 Å². The van der Waals surface area contributed by atoms with Crippen LogP contribution in [0, 0.1) is 11.3 Å². The molecular formula is C13H14NO6P. The number of benzene rings is 1. The van der Waals surface area contributed by atoms with E-state index in [4.69, 9.17) is 24.5 Å². The van der Waals surface area contributed by atoms with Gasteiger partial charge in [-0.3, -0.25) is 4.57 Å². The normalized spacial score (nSPS) is 12.2. The molecule has 112 valence electrons. The molecule has 0 fully saturated rings. The van der Waals surface area contributed by atoms with Crippen molar-refractivity contribution in [3.05, 3.63) is 35.2 Å². The minimum atomic E-state index is -4.58. The van der Waals surface area contributed by atoms with Crippen LogP contribution in [0.5, 0.6) is 17.2 Å². The topological polar surface area (TPSA) is 120 Å². The molecule has 0 aliphatic rings. The molecule has 0 unspecified atom stereocenters. The van der Waals surface area contributed by atoms with Crippen LogP contribution in [0.3, 0.4) is 0 Å². The molecule has 0 heterocycles. The number of aromatic hydroxyl groups is 1. The fourth-order valence-electron chi connectivity index (χ4n) is 1.46. The molecule has 0 spiro atoms. The predicted octanol–water partition coefficient (Wildman–Crippen LogP) is 2.01. The van der Waals surface area contributed by atoms with Crippen molar-refractivity contribution >= 4 is 13.7 Å². The Morgan fingerprint density at radius 1 is 1.29 bits per heavy atom. The molecule has 0 aliphatic heterocycles. The van der Waals surface area contributed by atoms with Crippen LogP contribution < -0.4 is 9.47 Å². The molecule has 0 bridgehead atoms. The van der Waals surface area contributed by atoms with Crippen molar-refractivity contribution in [2.75, 3.05) is 14.2 Å². The molecule has 3 N–H and O–H groups in total. The van der Waals surface area contributed by atoms with Gasteiger partial charge in [0.2, 0.25) is 5.75 Å². The first-order valence-electron chi connectivity index (χ1n) is 5.63. The molecule has 7 nitrogen and oxygen atoms in total. The van der Waals surface area contributed by atoms with Crippen LogP contribution in [0.1, 0.15) is 5.56 Å². The SMILES string of the molecule is COc1cc(/C=C/C=C(/C#N)P(=O)(O)O)cc(OC)c1O. The van der Waals surface area contributed by atoms with E-state index in [2.05, 4.69) is 0 Å². The summed E-state index contributed by atoms with van der Waals surface area (Å²) in [5.41, 5.74) is 0.556. The summed E-state index contributed by atoms with van der Waals surface area (Å²) in [6.07, 6.45) is 3.81. The van der Waals surface area contributed by atoms with E-state index in [9.17, 15) is 9.67 Å². The average molecular weight is 311 g/mol. The lowest BCUT2D eigenvalue weighted by molar-refractivity contribution is 0.340. The number of allylic oxidation sites excluding steroid dienone is 3. The summed E-state index contributed by atoms with van der Waals surface area (Å²) in [4.78, 5) is 17.8. The van der Waals surface area contributed by atoms with Crippen LogP contribution in [0.2, 0.25) is 0 Å². The molecule has 0 aromatic heterocycles. The Morgan fingerprint density at radius 2 is 1.81 bits per heavy atom. The van der Waals surface area contributed by atoms with Gasteiger partial charge in [-0.2, -0.15) is 5.26 Å². The Balaban J connectivity index is 3.14. The Labute approximate surface area is 121 Å². The number of nitrogens with zero attached hydrogens (tertiary/aromatic N) is 1. The first-order chi connectivity index (χ1) is 9.83. The van der Waals surface area contributed by atoms with Crippen molar-refractivity contribution < 1.29 is 28.9 Å². The van der Waals surface area contributed by atoms with Crippen LogP contribution >= 0.6 is 7.60 Å². The van der Waals surface area contributed by atoms with Crippen LogP contribution in [-0.4, -0.2) is 29.1 Å². The standard InChI is InChI=1S/C13H14NO6P/c1-19-11-6-9(7-12(20-2)13(11)15)4-3-5-10(8-14)21(16,17)18/h3-7,15H,1-2H3,(H2,16,17,18)/b4-3+,10-5-. The number of nitriles is 1. The highest BCUT2D eigenvalue weighted by Gasteiger charge is 2.19. The molecule has 0 aliphatic carbocycles. The lowest BCUT2D eigenvalue weighted by Crippen LogP contribution is -1.90. The first-order valence-corrected chi connectivity index (χ1v) is 7.24. The quantitative estimate of drug-likeness (QED) is 0.432. The Hall–Kier alpha value is -2.26. The summed E-state index contributed by atoms with van der Waals surface area (Å²) in [5.74, 6) is 0.225. The maximum atomic E-state index is 10.9. The van der Waals surface area contributed by atoms with E-state index in [1.54, 1.807) is 0 Å². The molecular weight excluding hydrogens is 297 g/mol. The number of hydrogen-bond acceptors (Lipinski definition) is 5. The van der Waals surface area contributed by atoms with Crippen LogP contribution in [-0.2, 0) is 4.57 Å². The predicted molar refractivity (Wildman–Crippen MR) is 76.0 cm³/mol. The third-order valence-corrected chi connectivity index (χ3v) is 3.35. The van der Waals surface area contributed by atoms with Gasteiger partial charge < -0.3 is 24.4 Å². The largest absolute Gasteiger partial charge is 0.502 e. The zero-order valence-corrected chi connectivity index (χ0v) is 12.2. The number of rotatable bonds is 5. The zero-order valence-electron chi connectivity index (χ0n) is 11.3. The van der Waals surface area contributed by atoms with Crippen LogP contribution in [0.4, 0.5) is 0 Å². The fourth-order valence-corrected chi connectivity index (χ4v) is 1.87. The highest BCUT2D eigenvalue weighted by Crippen LogP contribution is 2.44. The van der Waals surface area contributed by atoms with Gasteiger partial charge in [-0.1, -0.05) is 12.2 Å². The van der Waals surface area contributed by atoms with Crippen LogP contribution in [0.25, 0.3) is 6.08 Å². The zero-order chi connectivity index (χ0) is 16.0. The maximum Gasteiger partial charge on any atom is 0.366 e. The monoisotopic (exact) mass is 311 g/mol. The van der Waals surface area contributed by atoms with Gasteiger partial charge in [-0.15, -0.1) is 0 Å². The molecule has 0 saturated heterocycles. The summed E-state index contributed by atoms with van der Waals surface area (Å²) in [7, 11) is -1.82. The lowest BCUT2D eigenvalue weighted by atomic mass is 10.1. The third kappa shape index (κ3) is 4.36. The van der Waals surface area contributed by atoms with Crippen molar-refractivity contribution in [2.24, 2.45) is 0 Å². The molecule has 1 aromatic rings. The summed E-state index contributed by atoms with van der Waals surface area (Å²) < 4.78 is 20.9. The number of ether oxygens (including phenoxy) is 2.